The second kappa shape index (κ2) is 8.68. The van der Waals surface area contributed by atoms with Crippen LogP contribution in [-0.2, 0) is 20.9 Å². The Morgan fingerprint density at radius 2 is 1.75 bits per heavy atom. The zero-order valence-corrected chi connectivity index (χ0v) is 14.9. The number of carboxylic acid groups (broad SMARTS) is 1. The molecule has 6 heteroatoms. The highest BCUT2D eigenvalue weighted by atomic mass is 16.6. The Morgan fingerprint density at radius 1 is 1.17 bits per heavy atom. The molecule has 0 spiro atoms. The van der Waals surface area contributed by atoms with Gasteiger partial charge in [0.15, 0.2) is 6.04 Å². The van der Waals surface area contributed by atoms with Gasteiger partial charge in [-0.25, -0.2) is 9.59 Å². The molecule has 0 heterocycles. The number of aliphatic carboxylic acids is 1. The third kappa shape index (κ3) is 7.00. The van der Waals surface area contributed by atoms with Gasteiger partial charge in [0, 0.05) is 0 Å². The van der Waals surface area contributed by atoms with Crippen molar-refractivity contribution >= 4 is 12.1 Å². The highest BCUT2D eigenvalue weighted by molar-refractivity contribution is 5.80. The van der Waals surface area contributed by atoms with Crippen LogP contribution in [-0.4, -0.2) is 34.9 Å². The first kappa shape index (κ1) is 20.0. The monoisotopic (exact) mass is 337 g/mol. The van der Waals surface area contributed by atoms with Crippen LogP contribution in [0.3, 0.4) is 0 Å². The Kier molecular flexibility index (Phi) is 7.22. The summed E-state index contributed by atoms with van der Waals surface area (Å²) in [5.41, 5.74) is 0.232. The molecule has 0 aliphatic heterocycles. The average molecular weight is 337 g/mol. The van der Waals surface area contributed by atoms with Crippen LogP contribution in [0.2, 0.25) is 0 Å². The summed E-state index contributed by atoms with van der Waals surface area (Å²) in [6.45, 7) is 9.12. The summed E-state index contributed by atoms with van der Waals surface area (Å²) in [5.74, 6) is -1.27. The molecule has 0 aliphatic rings. The van der Waals surface area contributed by atoms with E-state index >= 15 is 0 Å². The minimum absolute atomic E-state index is 0.107. The van der Waals surface area contributed by atoms with Crippen LogP contribution in [0.25, 0.3) is 0 Å². The third-order valence-corrected chi connectivity index (χ3v) is 3.21. The minimum Gasteiger partial charge on any atom is -0.480 e. The molecule has 0 saturated carbocycles. The number of benzene rings is 1. The zero-order chi connectivity index (χ0) is 18.3. The van der Waals surface area contributed by atoms with Crippen LogP contribution in [0.5, 0.6) is 0 Å². The van der Waals surface area contributed by atoms with Crippen molar-refractivity contribution in [3.63, 3.8) is 0 Å². The van der Waals surface area contributed by atoms with Crippen molar-refractivity contribution in [1.29, 1.82) is 0 Å². The fraction of sp³-hybridized carbons (Fsp3) is 0.556. The maximum atomic E-state index is 11.9. The molecule has 0 aliphatic carbocycles. The number of rotatable bonds is 7. The van der Waals surface area contributed by atoms with Gasteiger partial charge in [0.25, 0.3) is 0 Å². The van der Waals surface area contributed by atoms with Gasteiger partial charge in [-0.2, -0.15) is 0 Å². The van der Waals surface area contributed by atoms with Crippen molar-refractivity contribution in [2.75, 3.05) is 0 Å². The van der Waals surface area contributed by atoms with Crippen molar-refractivity contribution in [2.24, 2.45) is 5.92 Å². The summed E-state index contributed by atoms with van der Waals surface area (Å²) in [6.07, 6.45) is -1.46. The second-order valence-corrected chi connectivity index (χ2v) is 6.97. The molecule has 0 fully saturated rings. The van der Waals surface area contributed by atoms with Crippen LogP contribution in [0.15, 0.2) is 30.3 Å². The van der Waals surface area contributed by atoms with E-state index in [1.807, 2.05) is 44.2 Å². The van der Waals surface area contributed by atoms with E-state index in [-0.39, 0.29) is 12.5 Å². The fourth-order valence-corrected chi connectivity index (χ4v) is 2.16. The number of hydrogen-bond acceptors (Lipinski definition) is 4. The van der Waals surface area contributed by atoms with Crippen LogP contribution >= 0.6 is 0 Å². The third-order valence-electron chi connectivity index (χ3n) is 3.21. The Bertz CT molecular complexity index is 536. The molecule has 0 unspecified atom stereocenters. The topological polar surface area (TPSA) is 84.9 Å². The maximum absolute atomic E-state index is 11.9. The van der Waals surface area contributed by atoms with Gasteiger partial charge >= 0.3 is 12.1 Å². The van der Waals surface area contributed by atoms with Gasteiger partial charge in [-0.1, -0.05) is 44.2 Å². The summed E-state index contributed by atoms with van der Waals surface area (Å²) >= 11 is 0. The molecule has 2 N–H and O–H groups in total. The largest absolute Gasteiger partial charge is 0.480 e. The van der Waals surface area contributed by atoms with Crippen molar-refractivity contribution in [1.82, 2.24) is 5.32 Å². The molecular weight excluding hydrogens is 310 g/mol. The van der Waals surface area contributed by atoms with E-state index in [1.54, 1.807) is 20.8 Å². The first-order chi connectivity index (χ1) is 11.1. The lowest BCUT2D eigenvalue weighted by atomic mass is 9.99. The van der Waals surface area contributed by atoms with Gasteiger partial charge in [0.05, 0.1) is 12.7 Å². The summed E-state index contributed by atoms with van der Waals surface area (Å²) in [5, 5.41) is 11.9. The highest BCUT2D eigenvalue weighted by Gasteiger charge is 2.34. The summed E-state index contributed by atoms with van der Waals surface area (Å²) < 4.78 is 10.9. The first-order valence-electron chi connectivity index (χ1n) is 7.98. The van der Waals surface area contributed by atoms with Gasteiger partial charge in [0.1, 0.15) is 5.60 Å². The number of carbonyl (C=O) groups is 2. The number of carboxylic acids is 1. The number of alkyl carbamates (subject to hydrolysis) is 1. The maximum Gasteiger partial charge on any atom is 0.408 e. The molecule has 1 rings (SSSR count). The lowest BCUT2D eigenvalue weighted by Gasteiger charge is -2.29. The lowest BCUT2D eigenvalue weighted by molar-refractivity contribution is -0.145. The number of amides is 1. The van der Waals surface area contributed by atoms with Crippen LogP contribution in [0.4, 0.5) is 4.79 Å². The van der Waals surface area contributed by atoms with Gasteiger partial charge in [-0.15, -0.1) is 0 Å². The smallest absolute Gasteiger partial charge is 0.408 e. The summed E-state index contributed by atoms with van der Waals surface area (Å²) in [7, 11) is 0. The van der Waals surface area contributed by atoms with Crippen molar-refractivity contribution in [2.45, 2.75) is 59.0 Å². The Balaban J connectivity index is 2.79. The lowest BCUT2D eigenvalue weighted by Crippen LogP contribution is -2.52. The molecular formula is C18H27NO5. The van der Waals surface area contributed by atoms with Crippen molar-refractivity contribution < 1.29 is 24.2 Å². The van der Waals surface area contributed by atoms with E-state index in [4.69, 9.17) is 9.47 Å². The number of ether oxygens (including phenoxy) is 2. The van der Waals surface area contributed by atoms with Crippen molar-refractivity contribution in [3.8, 4) is 0 Å². The van der Waals surface area contributed by atoms with Crippen LogP contribution < -0.4 is 5.32 Å². The molecule has 1 aromatic carbocycles. The molecule has 1 amide bonds. The van der Waals surface area contributed by atoms with E-state index in [2.05, 4.69) is 5.32 Å². The predicted molar refractivity (Wildman–Crippen MR) is 90.7 cm³/mol. The summed E-state index contributed by atoms with van der Waals surface area (Å²) in [4.78, 5) is 23.5. The predicted octanol–water partition coefficient (Wildman–Crippen LogP) is 3.21. The standard InChI is InChI=1S/C18H27NO5/c1-12(2)15(23-11-13-9-7-6-8-10-13)14(16(20)21)19-17(22)24-18(3,4)5/h6-10,12,14-15H,11H2,1-5H3,(H,19,22)(H,20,21)/t14-,15+/m0/s1. The molecule has 0 saturated heterocycles. The van der Waals surface area contributed by atoms with Gasteiger partial charge < -0.3 is 19.9 Å². The van der Waals surface area contributed by atoms with Crippen LogP contribution in [0, 0.1) is 5.92 Å². The molecule has 1 aromatic rings. The van der Waals surface area contributed by atoms with E-state index < -0.39 is 29.8 Å². The SMILES string of the molecule is CC(C)[C@@H](OCc1ccccc1)[C@H](NC(=O)OC(C)(C)C)C(=O)O. The number of nitrogens with one attached hydrogen (secondary N) is 1. The highest BCUT2D eigenvalue weighted by Crippen LogP contribution is 2.16. The molecule has 6 nitrogen and oxygen atoms in total. The molecule has 0 radical (unpaired) electrons. The molecule has 0 bridgehead atoms. The van der Waals surface area contributed by atoms with E-state index in [1.165, 1.54) is 0 Å². The van der Waals surface area contributed by atoms with E-state index in [9.17, 15) is 14.7 Å². The molecule has 0 aromatic heterocycles. The molecule has 2 atom stereocenters. The summed E-state index contributed by atoms with van der Waals surface area (Å²) in [6, 6.07) is 8.27. The Labute approximate surface area is 143 Å². The quantitative estimate of drug-likeness (QED) is 0.798. The normalized spacial score (nSPS) is 14.1. The first-order valence-corrected chi connectivity index (χ1v) is 7.98. The van der Waals surface area contributed by atoms with E-state index in [0.717, 1.165) is 5.56 Å². The molecule has 134 valence electrons. The minimum atomic E-state index is -1.19. The van der Waals surface area contributed by atoms with Crippen LogP contribution in [0.1, 0.15) is 40.2 Å². The fourth-order valence-electron chi connectivity index (χ4n) is 2.16. The van der Waals surface area contributed by atoms with Gasteiger partial charge in [0.2, 0.25) is 0 Å². The average Bonchev–Trinajstić information content (AvgIpc) is 2.45. The van der Waals surface area contributed by atoms with E-state index in [0.29, 0.717) is 0 Å². The Morgan fingerprint density at radius 3 is 2.21 bits per heavy atom. The van der Waals surface area contributed by atoms with Gasteiger partial charge in [-0.3, -0.25) is 0 Å². The zero-order valence-electron chi connectivity index (χ0n) is 14.9. The molecule has 24 heavy (non-hydrogen) atoms. The van der Waals surface area contributed by atoms with Gasteiger partial charge in [-0.05, 0) is 32.3 Å². The van der Waals surface area contributed by atoms with Crippen molar-refractivity contribution in [3.05, 3.63) is 35.9 Å². The second-order valence-electron chi connectivity index (χ2n) is 6.97. The number of hydrogen-bond donors (Lipinski definition) is 2. The Hall–Kier alpha value is -2.08. The number of carbonyl (C=O) groups excluding carboxylic acids is 1.